The predicted octanol–water partition coefficient (Wildman–Crippen LogP) is 0.968. The van der Waals surface area contributed by atoms with Crippen molar-refractivity contribution in [1.29, 1.82) is 0 Å². The predicted molar refractivity (Wildman–Crippen MR) is 108 cm³/mol. The van der Waals surface area contributed by atoms with Crippen molar-refractivity contribution in [2.24, 2.45) is 0 Å². The first kappa shape index (κ1) is 20.2. The van der Waals surface area contributed by atoms with Crippen LogP contribution in [-0.4, -0.2) is 65.1 Å². The largest absolute Gasteiger partial charge is 0.482 e. The van der Waals surface area contributed by atoms with E-state index < -0.39 is 31.3 Å². The average molecular weight is 403 g/mol. The molecule has 1 amide bonds. The van der Waals surface area contributed by atoms with Crippen molar-refractivity contribution in [3.63, 3.8) is 0 Å². The molecule has 0 atom stereocenters. The van der Waals surface area contributed by atoms with Crippen molar-refractivity contribution in [2.75, 3.05) is 33.5 Å². The van der Waals surface area contributed by atoms with Gasteiger partial charge in [0.2, 0.25) is 0 Å². The highest BCUT2D eigenvalue weighted by atomic mass is 32.1. The number of fused-ring (bicyclic) bond motifs is 2. The number of carbonyl (C=O) groups is 1. The van der Waals surface area contributed by atoms with Crippen LogP contribution in [0.5, 0.6) is 5.75 Å². The maximum Gasteiger partial charge on any atom is 0.260 e. The van der Waals surface area contributed by atoms with Crippen molar-refractivity contribution in [3.8, 4) is 5.75 Å². The zero-order valence-electron chi connectivity index (χ0n) is 15.3. The first-order valence-corrected chi connectivity index (χ1v) is 9.45. The molecule has 0 spiro atoms. The highest BCUT2D eigenvalue weighted by molar-refractivity contribution is 7.24. The van der Waals surface area contributed by atoms with E-state index in [9.17, 15) is 24.9 Å². The normalized spacial score (nSPS) is 11.7. The molecule has 3 rings (SSSR count). The van der Waals surface area contributed by atoms with Crippen LogP contribution in [0.15, 0.2) is 47.3 Å². The van der Waals surface area contributed by atoms with E-state index in [2.05, 4.69) is 0 Å². The average Bonchev–Trinajstić information content (AvgIpc) is 2.74. The van der Waals surface area contributed by atoms with Gasteiger partial charge >= 0.3 is 0 Å². The molecule has 1 heterocycles. The molecule has 7 nitrogen and oxygen atoms in total. The van der Waals surface area contributed by atoms with Gasteiger partial charge < -0.3 is 25.0 Å². The number of aliphatic hydroxyl groups is 3. The van der Waals surface area contributed by atoms with Crippen molar-refractivity contribution >= 4 is 37.4 Å². The van der Waals surface area contributed by atoms with E-state index in [4.69, 9.17) is 4.74 Å². The molecule has 148 valence electrons. The fraction of sp³-hybridized carbons (Fsp3) is 0.300. The van der Waals surface area contributed by atoms with E-state index in [1.54, 1.807) is 24.3 Å². The molecule has 0 saturated heterocycles. The molecule has 0 bridgehead atoms. The number of carbonyl (C=O) groups excluding carboxylic acids is 1. The zero-order valence-corrected chi connectivity index (χ0v) is 16.1. The third-order valence-corrected chi connectivity index (χ3v) is 6.09. The number of nitrogens with zero attached hydrogens (tertiary/aromatic N) is 1. The molecule has 2 aromatic carbocycles. The minimum Gasteiger partial charge on any atom is -0.482 e. The number of likely N-dealkylation sites (N-methyl/N-ethyl adjacent to an activating group) is 1. The van der Waals surface area contributed by atoms with Gasteiger partial charge in [0.25, 0.3) is 5.91 Å². The number of hydrogen-bond donors (Lipinski definition) is 3. The van der Waals surface area contributed by atoms with E-state index in [1.165, 1.54) is 18.4 Å². The monoisotopic (exact) mass is 403 g/mol. The number of hydrogen-bond acceptors (Lipinski definition) is 7. The van der Waals surface area contributed by atoms with Crippen molar-refractivity contribution < 1.29 is 24.9 Å². The van der Waals surface area contributed by atoms with Gasteiger partial charge in [0.1, 0.15) is 11.3 Å². The summed E-state index contributed by atoms with van der Waals surface area (Å²) in [5, 5.41) is 29.5. The minimum absolute atomic E-state index is 0.0990. The smallest absolute Gasteiger partial charge is 0.260 e. The first-order valence-electron chi connectivity index (χ1n) is 8.64. The van der Waals surface area contributed by atoms with Gasteiger partial charge in [-0.05, 0) is 24.3 Å². The van der Waals surface area contributed by atoms with Crippen LogP contribution in [0.2, 0.25) is 0 Å². The van der Waals surface area contributed by atoms with E-state index in [1.807, 2.05) is 18.2 Å². The SMILES string of the molecule is CN(C(=O)COc1cccc2c(=O)c3ccccc3sc12)C(CO)(CO)CO. The van der Waals surface area contributed by atoms with Gasteiger partial charge in [0.05, 0.1) is 24.5 Å². The summed E-state index contributed by atoms with van der Waals surface area (Å²) in [4.78, 5) is 26.3. The summed E-state index contributed by atoms with van der Waals surface area (Å²) in [6.45, 7) is -2.15. The summed E-state index contributed by atoms with van der Waals surface area (Å²) in [5.41, 5.74) is -1.57. The summed E-state index contributed by atoms with van der Waals surface area (Å²) in [7, 11) is 1.38. The Morgan fingerprint density at radius 3 is 2.36 bits per heavy atom. The first-order chi connectivity index (χ1) is 13.5. The molecular formula is C20H21NO6S. The van der Waals surface area contributed by atoms with Crippen LogP contribution < -0.4 is 10.2 Å². The van der Waals surface area contributed by atoms with Gasteiger partial charge in [-0.15, -0.1) is 11.3 Å². The lowest BCUT2D eigenvalue weighted by atomic mass is 10.0. The molecule has 0 fully saturated rings. The van der Waals surface area contributed by atoms with Crippen LogP contribution in [0.1, 0.15) is 0 Å². The van der Waals surface area contributed by atoms with Gasteiger partial charge in [-0.3, -0.25) is 9.59 Å². The highest BCUT2D eigenvalue weighted by Crippen LogP contribution is 2.32. The summed E-state index contributed by atoms with van der Waals surface area (Å²) in [5.74, 6) is -0.128. The molecule has 0 aliphatic rings. The number of amides is 1. The number of aliphatic hydroxyl groups excluding tert-OH is 3. The summed E-state index contributed by atoms with van der Waals surface area (Å²) < 4.78 is 7.13. The maximum absolute atomic E-state index is 12.7. The third-order valence-electron chi connectivity index (χ3n) is 4.89. The zero-order chi connectivity index (χ0) is 20.3. The summed E-state index contributed by atoms with van der Waals surface area (Å²) in [6.07, 6.45) is 0. The van der Waals surface area contributed by atoms with Crippen molar-refractivity contribution in [1.82, 2.24) is 4.90 Å². The van der Waals surface area contributed by atoms with Crippen molar-refractivity contribution in [3.05, 3.63) is 52.7 Å². The summed E-state index contributed by atoms with van der Waals surface area (Å²) in [6, 6.07) is 12.4. The second kappa shape index (κ2) is 8.24. The highest BCUT2D eigenvalue weighted by Gasteiger charge is 2.36. The van der Waals surface area contributed by atoms with Gasteiger partial charge in [-0.1, -0.05) is 18.2 Å². The van der Waals surface area contributed by atoms with Gasteiger partial charge in [0.15, 0.2) is 12.0 Å². The van der Waals surface area contributed by atoms with Crippen LogP contribution in [0, 0.1) is 0 Å². The Morgan fingerprint density at radius 1 is 1.04 bits per heavy atom. The Hall–Kier alpha value is -2.52. The van der Waals surface area contributed by atoms with Crippen LogP contribution in [0.4, 0.5) is 0 Å². The molecular weight excluding hydrogens is 382 g/mol. The third kappa shape index (κ3) is 3.47. The van der Waals surface area contributed by atoms with Gasteiger partial charge in [0, 0.05) is 22.5 Å². The van der Waals surface area contributed by atoms with E-state index in [-0.39, 0.29) is 12.0 Å². The van der Waals surface area contributed by atoms with Crippen LogP contribution in [0.3, 0.4) is 0 Å². The molecule has 3 N–H and O–H groups in total. The Kier molecular flexibility index (Phi) is 5.95. The Morgan fingerprint density at radius 2 is 1.68 bits per heavy atom. The van der Waals surface area contributed by atoms with E-state index in [0.717, 1.165) is 9.60 Å². The molecule has 28 heavy (non-hydrogen) atoms. The Balaban J connectivity index is 1.91. The Labute approximate surface area is 165 Å². The van der Waals surface area contributed by atoms with Crippen molar-refractivity contribution in [2.45, 2.75) is 5.54 Å². The van der Waals surface area contributed by atoms with Gasteiger partial charge in [-0.25, -0.2) is 0 Å². The van der Waals surface area contributed by atoms with Crippen LogP contribution in [-0.2, 0) is 4.79 Å². The van der Waals surface area contributed by atoms with E-state index in [0.29, 0.717) is 21.2 Å². The molecule has 0 aliphatic heterocycles. The standard InChI is InChI=1S/C20H21NO6S/c1-21(20(10-22,11-23)12-24)17(25)9-27-15-7-4-6-14-18(26)13-5-2-3-8-16(13)28-19(14)15/h2-8,22-24H,9-12H2,1H3. The molecule has 3 aromatic rings. The second-order valence-corrected chi connectivity index (χ2v) is 7.55. The number of ether oxygens (including phenoxy) is 1. The quantitative estimate of drug-likeness (QED) is 0.508. The number of rotatable bonds is 7. The fourth-order valence-corrected chi connectivity index (χ4v) is 4.02. The lowest BCUT2D eigenvalue weighted by molar-refractivity contribution is -0.144. The lowest BCUT2D eigenvalue weighted by Crippen LogP contribution is -2.58. The Bertz CT molecular complexity index is 1050. The maximum atomic E-state index is 12.7. The molecule has 0 saturated carbocycles. The molecule has 0 radical (unpaired) electrons. The van der Waals surface area contributed by atoms with E-state index >= 15 is 0 Å². The minimum atomic E-state index is -1.47. The van der Waals surface area contributed by atoms with Crippen LogP contribution in [0.25, 0.3) is 20.2 Å². The molecule has 8 heteroatoms. The second-order valence-electron chi connectivity index (χ2n) is 6.50. The topological polar surface area (TPSA) is 107 Å². The molecule has 1 aromatic heterocycles. The lowest BCUT2D eigenvalue weighted by Gasteiger charge is -2.37. The summed E-state index contributed by atoms with van der Waals surface area (Å²) >= 11 is 1.40. The molecule has 0 aliphatic carbocycles. The molecule has 0 unspecified atom stereocenters. The van der Waals surface area contributed by atoms with Crippen LogP contribution >= 0.6 is 11.3 Å². The number of benzene rings is 2. The fourth-order valence-electron chi connectivity index (χ4n) is 2.88. The van der Waals surface area contributed by atoms with Gasteiger partial charge in [-0.2, -0.15) is 0 Å².